The normalized spacial score (nSPS) is 35.0. The lowest BCUT2D eigenvalue weighted by Crippen LogP contribution is -2.43. The Balaban J connectivity index is 2.17. The lowest BCUT2D eigenvalue weighted by atomic mass is 9.52. The highest BCUT2D eigenvalue weighted by Gasteiger charge is 2.47. The van der Waals surface area contributed by atoms with E-state index < -0.39 is 0 Å². The van der Waals surface area contributed by atoms with Gasteiger partial charge in [0.05, 0.1) is 6.61 Å². The highest BCUT2D eigenvalue weighted by Crippen LogP contribution is 2.58. The molecule has 3 atom stereocenters. The van der Waals surface area contributed by atoms with Crippen molar-refractivity contribution in [3.63, 3.8) is 0 Å². The maximum absolute atomic E-state index is 5.18. The average molecular weight is 305 g/mol. The van der Waals surface area contributed by atoms with Crippen LogP contribution in [0.3, 0.4) is 0 Å². The van der Waals surface area contributed by atoms with Crippen LogP contribution in [0.5, 0.6) is 0 Å². The Morgan fingerprint density at radius 3 is 2.73 bits per heavy atom. The van der Waals surface area contributed by atoms with Crippen LogP contribution in [0.4, 0.5) is 0 Å². The smallest absolute Gasteiger partial charge is 0.0646 e. The summed E-state index contributed by atoms with van der Waals surface area (Å²) < 4.78 is 5.18. The highest BCUT2D eigenvalue weighted by atomic mass is 16.5. The summed E-state index contributed by atoms with van der Waals surface area (Å²) in [6.45, 7) is 13.0. The van der Waals surface area contributed by atoms with Crippen LogP contribution in [0, 0.1) is 22.7 Å². The molecule has 22 heavy (non-hydrogen) atoms. The van der Waals surface area contributed by atoms with Crippen molar-refractivity contribution in [2.75, 3.05) is 13.7 Å². The van der Waals surface area contributed by atoms with Crippen molar-refractivity contribution in [1.82, 2.24) is 0 Å². The summed E-state index contributed by atoms with van der Waals surface area (Å²) in [4.78, 5) is 0. The molecule has 0 heterocycles. The molecular weight excluding hydrogens is 268 g/mol. The standard InChI is InChI=1S/C21H36O/c1-16(12-15-22-6)11-14-21(5)17(2)9-10-18-19(21)8-7-13-20(18,3)4/h8,12,17-18H,7,9-11,13-15H2,1-6H3/b16-12+/t17?,18-,21-/m0/s1. The summed E-state index contributed by atoms with van der Waals surface area (Å²) in [5, 5.41) is 0. The van der Waals surface area contributed by atoms with Crippen LogP contribution in [0.1, 0.15) is 73.1 Å². The molecule has 0 spiro atoms. The number of methoxy groups -OCH3 is 1. The first-order chi connectivity index (χ1) is 10.3. The van der Waals surface area contributed by atoms with Gasteiger partial charge in [-0.15, -0.1) is 0 Å². The largest absolute Gasteiger partial charge is 0.381 e. The molecule has 0 aromatic rings. The summed E-state index contributed by atoms with van der Waals surface area (Å²) in [5.74, 6) is 1.62. The second-order valence-electron chi connectivity index (χ2n) is 8.64. The molecule has 126 valence electrons. The van der Waals surface area contributed by atoms with Crippen molar-refractivity contribution in [3.05, 3.63) is 23.3 Å². The molecule has 2 aliphatic carbocycles. The Morgan fingerprint density at radius 1 is 1.32 bits per heavy atom. The second kappa shape index (κ2) is 6.91. The third kappa shape index (κ3) is 3.50. The van der Waals surface area contributed by atoms with Gasteiger partial charge in [-0.05, 0) is 68.1 Å². The molecule has 0 bridgehead atoms. The first kappa shape index (κ1) is 17.8. The molecule has 1 unspecified atom stereocenters. The van der Waals surface area contributed by atoms with Gasteiger partial charge in [-0.3, -0.25) is 0 Å². The van der Waals surface area contributed by atoms with E-state index in [1.807, 2.05) is 0 Å². The molecule has 0 saturated heterocycles. The summed E-state index contributed by atoms with van der Waals surface area (Å²) in [7, 11) is 1.77. The van der Waals surface area contributed by atoms with E-state index in [9.17, 15) is 0 Å². The van der Waals surface area contributed by atoms with Gasteiger partial charge in [0.1, 0.15) is 0 Å². The number of fused-ring (bicyclic) bond motifs is 1. The van der Waals surface area contributed by atoms with E-state index in [0.717, 1.165) is 18.4 Å². The number of ether oxygens (including phenoxy) is 1. The second-order valence-corrected chi connectivity index (χ2v) is 8.64. The Morgan fingerprint density at radius 2 is 2.05 bits per heavy atom. The lowest BCUT2D eigenvalue weighted by molar-refractivity contribution is 0.0812. The maximum atomic E-state index is 5.18. The molecule has 1 saturated carbocycles. The van der Waals surface area contributed by atoms with E-state index in [4.69, 9.17) is 4.74 Å². The van der Waals surface area contributed by atoms with Gasteiger partial charge in [-0.25, -0.2) is 0 Å². The van der Waals surface area contributed by atoms with E-state index in [0.29, 0.717) is 10.8 Å². The third-order valence-electron chi connectivity index (χ3n) is 6.74. The third-order valence-corrected chi connectivity index (χ3v) is 6.74. The Labute approximate surface area is 138 Å². The number of hydrogen-bond acceptors (Lipinski definition) is 1. The van der Waals surface area contributed by atoms with E-state index in [-0.39, 0.29) is 0 Å². The van der Waals surface area contributed by atoms with Crippen LogP contribution >= 0.6 is 0 Å². The molecule has 1 fully saturated rings. The molecule has 0 N–H and O–H groups in total. The fraction of sp³-hybridized carbons (Fsp3) is 0.810. The fourth-order valence-electron chi connectivity index (χ4n) is 4.71. The number of hydrogen-bond donors (Lipinski definition) is 0. The van der Waals surface area contributed by atoms with Crippen LogP contribution in [0.2, 0.25) is 0 Å². The van der Waals surface area contributed by atoms with E-state index in [1.54, 1.807) is 12.7 Å². The molecule has 0 aromatic carbocycles. The van der Waals surface area contributed by atoms with Crippen molar-refractivity contribution >= 4 is 0 Å². The van der Waals surface area contributed by atoms with E-state index in [2.05, 4.69) is 46.8 Å². The molecule has 0 amide bonds. The van der Waals surface area contributed by atoms with Gasteiger partial charge in [0.15, 0.2) is 0 Å². The minimum Gasteiger partial charge on any atom is -0.381 e. The zero-order chi connectivity index (χ0) is 16.4. The predicted molar refractivity (Wildman–Crippen MR) is 96.0 cm³/mol. The van der Waals surface area contributed by atoms with Crippen molar-refractivity contribution in [2.45, 2.75) is 73.1 Å². The highest BCUT2D eigenvalue weighted by molar-refractivity contribution is 5.26. The summed E-state index contributed by atoms with van der Waals surface area (Å²) in [5.41, 5.74) is 4.16. The molecule has 2 rings (SSSR count). The molecular formula is C21H36O. The molecule has 0 aromatic heterocycles. The molecule has 1 heteroatoms. The van der Waals surface area contributed by atoms with Crippen molar-refractivity contribution < 1.29 is 4.74 Å². The molecule has 1 nitrogen and oxygen atoms in total. The van der Waals surface area contributed by atoms with E-state index >= 15 is 0 Å². The van der Waals surface area contributed by atoms with Gasteiger partial charge >= 0.3 is 0 Å². The monoisotopic (exact) mass is 304 g/mol. The first-order valence-electron chi connectivity index (χ1n) is 9.16. The van der Waals surface area contributed by atoms with Crippen molar-refractivity contribution in [2.24, 2.45) is 22.7 Å². The fourth-order valence-corrected chi connectivity index (χ4v) is 4.71. The van der Waals surface area contributed by atoms with Crippen LogP contribution in [-0.2, 0) is 4.74 Å². The maximum Gasteiger partial charge on any atom is 0.0646 e. The number of rotatable bonds is 5. The average Bonchev–Trinajstić information content (AvgIpc) is 2.47. The van der Waals surface area contributed by atoms with Gasteiger partial charge in [-0.2, -0.15) is 0 Å². The zero-order valence-corrected chi connectivity index (χ0v) is 15.7. The van der Waals surface area contributed by atoms with Crippen LogP contribution in [0.15, 0.2) is 23.3 Å². The topological polar surface area (TPSA) is 9.23 Å². The van der Waals surface area contributed by atoms with E-state index in [1.165, 1.54) is 44.1 Å². The van der Waals surface area contributed by atoms with Gasteiger partial charge in [0.2, 0.25) is 0 Å². The minimum atomic E-state index is 0.392. The quantitative estimate of drug-likeness (QED) is 0.553. The molecule has 2 aliphatic rings. The summed E-state index contributed by atoms with van der Waals surface area (Å²) in [6.07, 6.45) is 12.8. The number of allylic oxidation sites excluding steroid dienone is 3. The molecule has 0 aliphatic heterocycles. The van der Waals surface area contributed by atoms with Gasteiger partial charge in [0.25, 0.3) is 0 Å². The van der Waals surface area contributed by atoms with Crippen LogP contribution < -0.4 is 0 Å². The minimum absolute atomic E-state index is 0.392. The van der Waals surface area contributed by atoms with Gasteiger partial charge in [0, 0.05) is 7.11 Å². The van der Waals surface area contributed by atoms with Crippen molar-refractivity contribution in [1.29, 1.82) is 0 Å². The van der Waals surface area contributed by atoms with Gasteiger partial charge < -0.3 is 4.74 Å². The summed E-state index contributed by atoms with van der Waals surface area (Å²) in [6, 6.07) is 0. The SMILES string of the molecule is COC/C=C(\C)CC[C@]1(C)C2=CCCC(C)(C)[C@H]2CCC1C. The first-order valence-corrected chi connectivity index (χ1v) is 9.16. The Bertz CT molecular complexity index is 443. The van der Waals surface area contributed by atoms with Gasteiger partial charge in [-0.1, -0.05) is 51.0 Å². The predicted octanol–water partition coefficient (Wildman–Crippen LogP) is 6.16. The van der Waals surface area contributed by atoms with Crippen molar-refractivity contribution in [3.8, 4) is 0 Å². The molecule has 0 radical (unpaired) electrons. The lowest BCUT2D eigenvalue weighted by Gasteiger charge is -2.53. The Kier molecular flexibility index (Phi) is 5.59. The summed E-state index contributed by atoms with van der Waals surface area (Å²) >= 11 is 0. The Hall–Kier alpha value is -0.560. The van der Waals surface area contributed by atoms with Crippen LogP contribution in [0.25, 0.3) is 0 Å². The zero-order valence-electron chi connectivity index (χ0n) is 15.7. The van der Waals surface area contributed by atoms with Crippen LogP contribution in [-0.4, -0.2) is 13.7 Å².